The molecule has 2 N–H and O–H groups in total. The molecule has 9 heteroatoms. The lowest BCUT2D eigenvalue weighted by atomic mass is 10.3. The number of benzene rings is 1. The van der Waals surface area contributed by atoms with Crippen molar-refractivity contribution in [3.63, 3.8) is 0 Å². The molecule has 0 aliphatic rings. The third-order valence-electron chi connectivity index (χ3n) is 2.79. The number of hydrazone groups is 1. The first-order valence-electron chi connectivity index (χ1n) is 6.51. The molecule has 0 amide bonds. The normalized spacial score (nSPS) is 11.5. The predicted octanol–water partition coefficient (Wildman–Crippen LogP) is 5.02. The van der Waals surface area contributed by atoms with Gasteiger partial charge in [-0.05, 0) is 37.3 Å². The molecule has 0 atom stereocenters. The van der Waals surface area contributed by atoms with Crippen molar-refractivity contribution in [1.29, 1.82) is 0 Å². The van der Waals surface area contributed by atoms with E-state index in [1.807, 2.05) is 19.1 Å². The summed E-state index contributed by atoms with van der Waals surface area (Å²) < 4.78 is 5.25. The van der Waals surface area contributed by atoms with Crippen molar-refractivity contribution in [3.8, 4) is 0 Å². The maximum Gasteiger partial charge on any atom is 0.227 e. The van der Waals surface area contributed by atoms with Gasteiger partial charge in [-0.25, -0.2) is 0 Å². The van der Waals surface area contributed by atoms with Gasteiger partial charge in [0.15, 0.2) is 0 Å². The van der Waals surface area contributed by atoms with Gasteiger partial charge < -0.3 is 9.73 Å². The Balaban J connectivity index is 1.66. The molecule has 3 rings (SSSR count). The van der Waals surface area contributed by atoms with Crippen LogP contribution < -0.4 is 10.7 Å². The minimum atomic E-state index is 0.471. The fourth-order valence-corrected chi connectivity index (χ4v) is 2.59. The molecule has 2 aromatic heterocycles. The van der Waals surface area contributed by atoms with Gasteiger partial charge in [-0.3, -0.25) is 5.43 Å². The highest BCUT2D eigenvalue weighted by Gasteiger charge is 2.06. The number of hydrogen-bond donors (Lipinski definition) is 2. The molecule has 2 heterocycles. The standard InChI is InChI=1S/C14H11Cl2N5OS/c1-8(12-3-2-6-22-12)18-20-14-21-19-13(23-14)17-9-4-5-10(15)11(16)7-9/h2-7H,1H3,(H,17,19)(H,20,21)/b18-8-. The van der Waals surface area contributed by atoms with Crippen LogP contribution in [0.1, 0.15) is 12.7 Å². The van der Waals surface area contributed by atoms with Crippen LogP contribution >= 0.6 is 34.5 Å². The van der Waals surface area contributed by atoms with Crippen LogP contribution in [0.15, 0.2) is 46.1 Å². The fraction of sp³-hybridized carbons (Fsp3) is 0.0714. The molecule has 3 aromatic rings. The van der Waals surface area contributed by atoms with Crippen LogP contribution in [0.2, 0.25) is 10.0 Å². The van der Waals surface area contributed by atoms with Crippen LogP contribution in [-0.2, 0) is 0 Å². The molecule has 6 nitrogen and oxygen atoms in total. The van der Waals surface area contributed by atoms with Crippen LogP contribution in [0, 0.1) is 0 Å². The van der Waals surface area contributed by atoms with Gasteiger partial charge in [-0.2, -0.15) is 5.10 Å². The highest BCUT2D eigenvalue weighted by molar-refractivity contribution is 7.19. The monoisotopic (exact) mass is 367 g/mol. The molecule has 0 radical (unpaired) electrons. The van der Waals surface area contributed by atoms with Crippen LogP contribution in [0.3, 0.4) is 0 Å². The Hall–Kier alpha value is -2.09. The Morgan fingerprint density at radius 2 is 2.00 bits per heavy atom. The van der Waals surface area contributed by atoms with E-state index in [0.717, 1.165) is 5.69 Å². The van der Waals surface area contributed by atoms with Gasteiger partial charge in [-0.1, -0.05) is 34.5 Å². The molecule has 0 bridgehead atoms. The van der Waals surface area contributed by atoms with Crippen molar-refractivity contribution >= 4 is 56.2 Å². The zero-order valence-electron chi connectivity index (χ0n) is 11.9. The minimum absolute atomic E-state index is 0.471. The smallest absolute Gasteiger partial charge is 0.227 e. The van der Waals surface area contributed by atoms with E-state index in [4.69, 9.17) is 27.6 Å². The Morgan fingerprint density at radius 1 is 1.17 bits per heavy atom. The molecule has 1 aromatic carbocycles. The third kappa shape index (κ3) is 4.01. The summed E-state index contributed by atoms with van der Waals surface area (Å²) in [6.45, 7) is 1.84. The number of halogens is 2. The number of rotatable bonds is 5. The van der Waals surface area contributed by atoms with E-state index >= 15 is 0 Å². The zero-order valence-corrected chi connectivity index (χ0v) is 14.2. The van der Waals surface area contributed by atoms with Gasteiger partial charge >= 0.3 is 0 Å². The predicted molar refractivity (Wildman–Crippen MR) is 94.2 cm³/mol. The fourth-order valence-electron chi connectivity index (χ4n) is 1.69. The van der Waals surface area contributed by atoms with Gasteiger partial charge in [0.1, 0.15) is 11.5 Å². The summed E-state index contributed by atoms with van der Waals surface area (Å²) in [5, 5.41) is 17.5. The van der Waals surface area contributed by atoms with E-state index in [2.05, 4.69) is 26.0 Å². The van der Waals surface area contributed by atoms with Crippen LogP contribution in [-0.4, -0.2) is 15.9 Å². The summed E-state index contributed by atoms with van der Waals surface area (Å²) in [6.07, 6.45) is 1.60. The number of anilines is 3. The van der Waals surface area contributed by atoms with Crippen LogP contribution in [0.5, 0.6) is 0 Å². The van der Waals surface area contributed by atoms with E-state index in [1.54, 1.807) is 24.5 Å². The topological polar surface area (TPSA) is 75.3 Å². The average Bonchev–Trinajstić information content (AvgIpc) is 3.20. The van der Waals surface area contributed by atoms with Crippen molar-refractivity contribution in [1.82, 2.24) is 10.2 Å². The Morgan fingerprint density at radius 3 is 2.74 bits per heavy atom. The van der Waals surface area contributed by atoms with Crippen molar-refractivity contribution in [3.05, 3.63) is 52.4 Å². The Kier molecular flexibility index (Phi) is 4.80. The molecule has 0 fully saturated rings. The summed E-state index contributed by atoms with van der Waals surface area (Å²) in [6, 6.07) is 8.87. The van der Waals surface area contributed by atoms with Crippen molar-refractivity contribution in [2.24, 2.45) is 5.10 Å². The van der Waals surface area contributed by atoms with Crippen LogP contribution in [0.4, 0.5) is 16.0 Å². The zero-order chi connectivity index (χ0) is 16.2. The lowest BCUT2D eigenvalue weighted by Crippen LogP contribution is -1.97. The molecular weight excluding hydrogens is 357 g/mol. The number of nitrogens with zero attached hydrogens (tertiary/aromatic N) is 3. The maximum absolute atomic E-state index is 5.98. The molecule has 0 spiro atoms. The number of hydrogen-bond acceptors (Lipinski definition) is 7. The second-order valence-electron chi connectivity index (χ2n) is 4.45. The van der Waals surface area contributed by atoms with Crippen molar-refractivity contribution < 1.29 is 4.42 Å². The Bertz CT molecular complexity index is 832. The highest BCUT2D eigenvalue weighted by Crippen LogP contribution is 2.29. The second kappa shape index (κ2) is 6.99. The minimum Gasteiger partial charge on any atom is -0.463 e. The molecule has 0 aliphatic heterocycles. The summed E-state index contributed by atoms with van der Waals surface area (Å²) in [4.78, 5) is 0. The molecule has 118 valence electrons. The van der Waals surface area contributed by atoms with Crippen molar-refractivity contribution in [2.75, 3.05) is 10.7 Å². The Labute approximate surface area is 146 Å². The average molecular weight is 368 g/mol. The maximum atomic E-state index is 5.98. The van der Waals surface area contributed by atoms with Crippen LogP contribution in [0.25, 0.3) is 0 Å². The first-order valence-corrected chi connectivity index (χ1v) is 8.09. The van der Waals surface area contributed by atoms with Gasteiger partial charge in [0.25, 0.3) is 0 Å². The van der Waals surface area contributed by atoms with E-state index in [9.17, 15) is 0 Å². The lowest BCUT2D eigenvalue weighted by Gasteiger charge is -2.02. The van der Waals surface area contributed by atoms with E-state index in [1.165, 1.54) is 11.3 Å². The summed E-state index contributed by atoms with van der Waals surface area (Å²) in [7, 11) is 0. The van der Waals surface area contributed by atoms with Crippen molar-refractivity contribution in [2.45, 2.75) is 6.92 Å². The van der Waals surface area contributed by atoms with Gasteiger partial charge in [0.2, 0.25) is 10.3 Å². The lowest BCUT2D eigenvalue weighted by molar-refractivity contribution is 0.557. The largest absolute Gasteiger partial charge is 0.463 e. The number of furan rings is 1. The van der Waals surface area contributed by atoms with Gasteiger partial charge in [0.05, 0.1) is 16.3 Å². The first-order chi connectivity index (χ1) is 11.1. The van der Waals surface area contributed by atoms with E-state index in [0.29, 0.717) is 31.8 Å². The van der Waals surface area contributed by atoms with E-state index in [-0.39, 0.29) is 0 Å². The molecule has 23 heavy (non-hydrogen) atoms. The summed E-state index contributed by atoms with van der Waals surface area (Å²) >= 11 is 13.2. The number of nitrogens with one attached hydrogen (secondary N) is 2. The summed E-state index contributed by atoms with van der Waals surface area (Å²) in [5.74, 6) is 0.691. The molecule has 0 saturated heterocycles. The van der Waals surface area contributed by atoms with Gasteiger partial charge in [-0.15, -0.1) is 10.2 Å². The third-order valence-corrected chi connectivity index (χ3v) is 4.28. The van der Waals surface area contributed by atoms with Gasteiger partial charge in [0, 0.05) is 5.69 Å². The number of aromatic nitrogens is 2. The SMILES string of the molecule is C/C(=N/Nc1nnc(Nc2ccc(Cl)c(Cl)c2)s1)c1ccco1. The first kappa shape index (κ1) is 15.8. The molecular formula is C14H11Cl2N5OS. The van der Waals surface area contributed by atoms with E-state index < -0.39 is 0 Å². The molecule has 0 saturated carbocycles. The quantitative estimate of drug-likeness (QED) is 0.489. The molecule has 0 unspecified atom stereocenters. The second-order valence-corrected chi connectivity index (χ2v) is 6.24. The highest BCUT2D eigenvalue weighted by atomic mass is 35.5. The molecule has 0 aliphatic carbocycles. The summed E-state index contributed by atoms with van der Waals surface area (Å²) in [5.41, 5.74) is 4.33.